The monoisotopic (exact) mass is 562 g/mol. The van der Waals surface area contributed by atoms with Gasteiger partial charge in [-0.05, 0) is 72.7 Å². The summed E-state index contributed by atoms with van der Waals surface area (Å²) < 4.78 is 46.5. The molecule has 10 heteroatoms. The van der Waals surface area contributed by atoms with E-state index in [-0.39, 0.29) is 17.8 Å². The van der Waals surface area contributed by atoms with Crippen LogP contribution in [0.25, 0.3) is 11.1 Å². The topological polar surface area (TPSA) is 87.5 Å². The highest BCUT2D eigenvalue weighted by Crippen LogP contribution is 2.35. The summed E-state index contributed by atoms with van der Waals surface area (Å²) in [5.41, 5.74) is 2.77. The van der Waals surface area contributed by atoms with Crippen molar-refractivity contribution in [1.29, 1.82) is 0 Å². The number of carbonyl (C=O) groups excluding carboxylic acids is 2. The number of hydrogen-bond donors (Lipinski definition) is 2. The van der Waals surface area contributed by atoms with Gasteiger partial charge in [0.1, 0.15) is 0 Å². The van der Waals surface area contributed by atoms with Gasteiger partial charge in [0.15, 0.2) is 5.69 Å². The van der Waals surface area contributed by atoms with E-state index in [9.17, 15) is 22.8 Å². The van der Waals surface area contributed by atoms with Crippen LogP contribution in [0.2, 0.25) is 0 Å². The first-order valence-corrected chi connectivity index (χ1v) is 13.3. The second kappa shape index (κ2) is 11.5. The highest BCUT2D eigenvalue weighted by atomic mass is 19.4. The van der Waals surface area contributed by atoms with Gasteiger partial charge in [0.25, 0.3) is 17.8 Å². The van der Waals surface area contributed by atoms with E-state index in [0.717, 1.165) is 35.2 Å². The third-order valence-corrected chi connectivity index (χ3v) is 7.03. The molecular weight excluding hydrogens is 533 g/mol. The van der Waals surface area contributed by atoms with E-state index >= 15 is 0 Å². The number of rotatable bonds is 6. The molecule has 0 saturated carbocycles. The lowest BCUT2D eigenvalue weighted by molar-refractivity contribution is -0.141. The first-order chi connectivity index (χ1) is 19.6. The van der Waals surface area contributed by atoms with Gasteiger partial charge < -0.3 is 20.0 Å². The molecule has 0 aliphatic carbocycles. The highest BCUT2D eigenvalue weighted by molar-refractivity contribution is 6.05. The number of nitrogens with one attached hydrogen (secondary N) is 2. The fourth-order valence-corrected chi connectivity index (χ4v) is 4.81. The predicted octanol–water partition coefficient (Wildman–Crippen LogP) is 7.41. The lowest BCUT2D eigenvalue weighted by atomic mass is 10.0. The minimum absolute atomic E-state index is 0.194. The fourth-order valence-electron chi connectivity index (χ4n) is 4.81. The molecule has 2 N–H and O–H groups in total. The Morgan fingerprint density at radius 3 is 2.22 bits per heavy atom. The van der Waals surface area contributed by atoms with Crippen molar-refractivity contribution in [1.82, 2.24) is 4.98 Å². The summed E-state index contributed by atoms with van der Waals surface area (Å²) in [5.74, 6) is -1.84. The molecule has 7 nitrogen and oxygen atoms in total. The van der Waals surface area contributed by atoms with Crippen LogP contribution >= 0.6 is 0 Å². The molecule has 5 rings (SSSR count). The van der Waals surface area contributed by atoms with Crippen LogP contribution in [0.4, 0.5) is 30.6 Å². The molecule has 2 amide bonds. The van der Waals surface area contributed by atoms with E-state index in [1.165, 1.54) is 0 Å². The lowest BCUT2D eigenvalue weighted by Gasteiger charge is -2.29. The molecule has 4 aromatic rings. The molecule has 0 bridgehead atoms. The summed E-state index contributed by atoms with van der Waals surface area (Å²) in [7, 11) is 0. The summed E-state index contributed by atoms with van der Waals surface area (Å²) in [6.45, 7) is 4.95. The summed E-state index contributed by atoms with van der Waals surface area (Å²) in [4.78, 5) is 30.8. The van der Waals surface area contributed by atoms with Crippen molar-refractivity contribution in [2.75, 3.05) is 28.6 Å². The average molecular weight is 563 g/mol. The number of aryl methyl sites for hydroxylation is 1. The number of halogens is 3. The van der Waals surface area contributed by atoms with Gasteiger partial charge in [-0.25, -0.2) is 0 Å². The van der Waals surface area contributed by atoms with Gasteiger partial charge in [-0.3, -0.25) is 9.59 Å². The van der Waals surface area contributed by atoms with Crippen LogP contribution in [0.15, 0.2) is 77.2 Å². The SMILES string of the molecule is Cc1ccccc1NC(=O)c1ccc(-c2ccc(NC(=O)c3oc(N4CCCC(C)C4)nc3C(F)(F)F)cc2)cc1. The van der Waals surface area contributed by atoms with Crippen molar-refractivity contribution in [3.8, 4) is 11.1 Å². The first-order valence-electron chi connectivity index (χ1n) is 13.3. The van der Waals surface area contributed by atoms with E-state index in [0.29, 0.717) is 24.3 Å². The Bertz CT molecular complexity index is 1550. The van der Waals surface area contributed by atoms with Crippen molar-refractivity contribution in [2.45, 2.75) is 32.9 Å². The molecule has 1 unspecified atom stereocenters. The van der Waals surface area contributed by atoms with Crippen LogP contribution < -0.4 is 15.5 Å². The molecule has 0 spiro atoms. The Balaban J connectivity index is 1.27. The molecule has 41 heavy (non-hydrogen) atoms. The van der Waals surface area contributed by atoms with Crippen LogP contribution in [0.3, 0.4) is 0 Å². The minimum atomic E-state index is -4.84. The summed E-state index contributed by atoms with van der Waals surface area (Å²) in [6, 6.07) is 21.0. The van der Waals surface area contributed by atoms with E-state index in [2.05, 4.69) is 15.6 Å². The number of oxazole rings is 1. The molecule has 212 valence electrons. The molecule has 1 aromatic heterocycles. The first kappa shape index (κ1) is 27.9. The third kappa shape index (κ3) is 6.42. The molecule has 1 aliphatic rings. The maximum Gasteiger partial charge on any atom is 0.437 e. The van der Waals surface area contributed by atoms with Crippen molar-refractivity contribution < 1.29 is 27.2 Å². The van der Waals surface area contributed by atoms with Gasteiger partial charge in [0, 0.05) is 30.0 Å². The minimum Gasteiger partial charge on any atom is -0.417 e. The van der Waals surface area contributed by atoms with Crippen molar-refractivity contribution >= 4 is 29.2 Å². The van der Waals surface area contributed by atoms with Crippen LogP contribution in [-0.4, -0.2) is 29.9 Å². The number of para-hydroxylation sites is 1. The maximum atomic E-state index is 13.7. The normalized spacial score (nSPS) is 15.4. The second-order valence-electron chi connectivity index (χ2n) is 10.2. The quantitative estimate of drug-likeness (QED) is 0.256. The van der Waals surface area contributed by atoms with Gasteiger partial charge in [-0.2, -0.15) is 18.2 Å². The van der Waals surface area contributed by atoms with E-state index in [1.807, 2.05) is 38.1 Å². The van der Waals surface area contributed by atoms with Gasteiger partial charge >= 0.3 is 6.18 Å². The maximum absolute atomic E-state index is 13.7. The molecule has 2 heterocycles. The smallest absolute Gasteiger partial charge is 0.417 e. The zero-order valence-electron chi connectivity index (χ0n) is 22.6. The van der Waals surface area contributed by atoms with Crippen molar-refractivity contribution in [3.05, 3.63) is 95.4 Å². The number of anilines is 3. The molecular formula is C31H29F3N4O3. The Morgan fingerprint density at radius 2 is 1.59 bits per heavy atom. The number of hydrogen-bond acceptors (Lipinski definition) is 5. The third-order valence-electron chi connectivity index (χ3n) is 7.03. The largest absolute Gasteiger partial charge is 0.437 e. The zero-order valence-corrected chi connectivity index (χ0v) is 22.6. The summed E-state index contributed by atoms with van der Waals surface area (Å²) in [6.07, 6.45) is -3.06. The van der Waals surface area contributed by atoms with Crippen LogP contribution in [0.5, 0.6) is 0 Å². The van der Waals surface area contributed by atoms with Gasteiger partial charge in [-0.15, -0.1) is 0 Å². The Hall–Kier alpha value is -4.60. The van der Waals surface area contributed by atoms with Gasteiger partial charge in [-0.1, -0.05) is 49.4 Å². The number of piperidine rings is 1. The number of aromatic nitrogens is 1. The fraction of sp³-hybridized carbons (Fsp3) is 0.258. The lowest BCUT2D eigenvalue weighted by Crippen LogP contribution is -2.34. The molecule has 1 aliphatic heterocycles. The highest BCUT2D eigenvalue weighted by Gasteiger charge is 2.42. The van der Waals surface area contributed by atoms with Crippen LogP contribution in [-0.2, 0) is 6.18 Å². The summed E-state index contributed by atoms with van der Waals surface area (Å²) >= 11 is 0. The van der Waals surface area contributed by atoms with Gasteiger partial charge in [0.05, 0.1) is 0 Å². The predicted molar refractivity (Wildman–Crippen MR) is 151 cm³/mol. The summed E-state index contributed by atoms with van der Waals surface area (Å²) in [5, 5.41) is 5.38. The van der Waals surface area contributed by atoms with E-state index < -0.39 is 23.5 Å². The molecule has 1 fully saturated rings. The Morgan fingerprint density at radius 1 is 0.927 bits per heavy atom. The van der Waals surface area contributed by atoms with E-state index in [4.69, 9.17) is 4.42 Å². The van der Waals surface area contributed by atoms with Crippen molar-refractivity contribution in [2.24, 2.45) is 5.92 Å². The standard InChI is InChI=1S/C31H29F3N4O3/c1-19-6-5-17-38(18-19)30-37-27(31(32,33)34)26(41-30)29(40)35-24-15-13-22(14-16-24)21-9-11-23(12-10-21)28(39)36-25-8-4-3-7-20(25)2/h3-4,7-16,19H,5-6,17-18H2,1-2H3,(H,35,40)(H,36,39). The molecule has 1 atom stereocenters. The number of benzene rings is 3. The van der Waals surface area contributed by atoms with Crippen LogP contribution in [0.1, 0.15) is 51.9 Å². The van der Waals surface area contributed by atoms with Gasteiger partial charge in [0.2, 0.25) is 5.76 Å². The Kier molecular flexibility index (Phi) is 7.83. The number of alkyl halides is 3. The Labute approximate surface area is 235 Å². The van der Waals surface area contributed by atoms with Crippen LogP contribution in [0, 0.1) is 12.8 Å². The molecule has 3 aromatic carbocycles. The van der Waals surface area contributed by atoms with E-state index in [1.54, 1.807) is 53.4 Å². The second-order valence-corrected chi connectivity index (χ2v) is 10.2. The van der Waals surface area contributed by atoms with Crippen molar-refractivity contribution in [3.63, 3.8) is 0 Å². The average Bonchev–Trinajstić information content (AvgIpc) is 3.42. The number of carbonyl (C=O) groups is 2. The zero-order chi connectivity index (χ0) is 29.1. The molecule has 0 radical (unpaired) electrons. The number of amides is 2. The number of nitrogens with zero attached hydrogens (tertiary/aromatic N) is 2. The molecule has 1 saturated heterocycles.